The Morgan fingerprint density at radius 2 is 2.04 bits per heavy atom. The number of fused-ring (bicyclic) bond motifs is 1. The van der Waals surface area contributed by atoms with Crippen molar-refractivity contribution in [2.45, 2.75) is 0 Å². The van der Waals surface area contributed by atoms with Crippen molar-refractivity contribution in [2.75, 3.05) is 0 Å². The molecule has 0 aliphatic heterocycles. The summed E-state index contributed by atoms with van der Waals surface area (Å²) >= 11 is 1.29. The summed E-state index contributed by atoms with van der Waals surface area (Å²) in [6, 6.07) is 11.9. The largest absolute Gasteiger partial charge is 0.508 e. The highest BCUT2D eigenvalue weighted by atomic mass is 32.1. The molecule has 3 heterocycles. The lowest BCUT2D eigenvalue weighted by Crippen LogP contribution is -2.14. The molecule has 0 aliphatic rings. The van der Waals surface area contributed by atoms with E-state index in [9.17, 15) is 9.90 Å². The Balaban J connectivity index is 1.75. The summed E-state index contributed by atoms with van der Waals surface area (Å²) in [5.74, 6) is 0.150. The van der Waals surface area contributed by atoms with Gasteiger partial charge in [0.05, 0.1) is 5.69 Å². The van der Waals surface area contributed by atoms with Gasteiger partial charge in [-0.25, -0.2) is 4.98 Å². The predicted octanol–water partition coefficient (Wildman–Crippen LogP) is 3.09. The fourth-order valence-electron chi connectivity index (χ4n) is 2.32. The number of pyridine rings is 1. The van der Waals surface area contributed by atoms with E-state index >= 15 is 0 Å². The van der Waals surface area contributed by atoms with Crippen LogP contribution >= 0.6 is 11.3 Å². The standard InChI is InChI=1S/C18H12N4O2S/c23-15-5-1-4-13(9-15)17-21-22-16(24)10-14(20-18(22)25-17)7-6-12-3-2-8-19-11-12/h1-11,23H. The highest BCUT2D eigenvalue weighted by Gasteiger charge is 2.10. The number of hydrogen-bond donors (Lipinski definition) is 1. The van der Waals surface area contributed by atoms with Gasteiger partial charge in [-0.15, -0.1) is 0 Å². The Kier molecular flexibility index (Phi) is 3.83. The van der Waals surface area contributed by atoms with E-state index in [2.05, 4.69) is 15.1 Å². The molecule has 25 heavy (non-hydrogen) atoms. The van der Waals surface area contributed by atoms with E-state index in [-0.39, 0.29) is 11.3 Å². The zero-order chi connectivity index (χ0) is 17.2. The highest BCUT2D eigenvalue weighted by Crippen LogP contribution is 2.26. The van der Waals surface area contributed by atoms with Crippen molar-refractivity contribution in [3.05, 3.63) is 76.5 Å². The molecule has 0 radical (unpaired) electrons. The molecule has 4 aromatic rings. The zero-order valence-electron chi connectivity index (χ0n) is 12.9. The van der Waals surface area contributed by atoms with Crippen LogP contribution in [0.5, 0.6) is 5.75 Å². The van der Waals surface area contributed by atoms with Gasteiger partial charge in [0.1, 0.15) is 10.8 Å². The average molecular weight is 348 g/mol. The van der Waals surface area contributed by atoms with Crippen LogP contribution in [0, 0.1) is 0 Å². The molecule has 0 atom stereocenters. The number of aromatic nitrogens is 4. The van der Waals surface area contributed by atoms with Crippen LogP contribution in [0.25, 0.3) is 27.7 Å². The first-order valence-electron chi connectivity index (χ1n) is 7.47. The number of aromatic hydroxyl groups is 1. The lowest BCUT2D eigenvalue weighted by molar-refractivity contribution is 0.475. The summed E-state index contributed by atoms with van der Waals surface area (Å²) in [6.45, 7) is 0. The third-order valence-corrected chi connectivity index (χ3v) is 4.45. The molecular formula is C18H12N4O2S. The Bertz CT molecular complexity index is 1130. The predicted molar refractivity (Wildman–Crippen MR) is 97.4 cm³/mol. The van der Waals surface area contributed by atoms with Crippen molar-refractivity contribution in [1.29, 1.82) is 0 Å². The minimum absolute atomic E-state index is 0.150. The number of hydrogen-bond acceptors (Lipinski definition) is 6. The number of phenols is 1. The average Bonchev–Trinajstić information content (AvgIpc) is 3.06. The van der Waals surface area contributed by atoms with Gasteiger partial charge in [-0.3, -0.25) is 9.78 Å². The van der Waals surface area contributed by atoms with Gasteiger partial charge in [-0.05, 0) is 29.8 Å². The minimum atomic E-state index is -0.251. The molecule has 7 heteroatoms. The Morgan fingerprint density at radius 1 is 1.12 bits per heavy atom. The van der Waals surface area contributed by atoms with Crippen LogP contribution < -0.4 is 5.56 Å². The third kappa shape index (κ3) is 3.17. The van der Waals surface area contributed by atoms with Gasteiger partial charge in [0.2, 0.25) is 4.96 Å². The number of benzene rings is 1. The first-order valence-corrected chi connectivity index (χ1v) is 8.29. The molecule has 0 bridgehead atoms. The second-order valence-corrected chi connectivity index (χ2v) is 6.25. The number of phenolic OH excluding ortho intramolecular Hbond substituents is 1. The zero-order valence-corrected chi connectivity index (χ0v) is 13.7. The summed E-state index contributed by atoms with van der Waals surface area (Å²) in [4.78, 5) is 21.3. The van der Waals surface area contributed by atoms with Gasteiger partial charge in [0, 0.05) is 24.0 Å². The maximum Gasteiger partial charge on any atom is 0.275 e. The normalized spacial score (nSPS) is 11.4. The van der Waals surface area contributed by atoms with Gasteiger partial charge < -0.3 is 5.11 Å². The van der Waals surface area contributed by atoms with Crippen molar-refractivity contribution in [2.24, 2.45) is 0 Å². The lowest BCUT2D eigenvalue weighted by atomic mass is 10.2. The molecule has 4 rings (SSSR count). The smallest absolute Gasteiger partial charge is 0.275 e. The van der Waals surface area contributed by atoms with Crippen LogP contribution in [0.1, 0.15) is 11.3 Å². The fourth-order valence-corrected chi connectivity index (χ4v) is 3.23. The second kappa shape index (κ2) is 6.29. The van der Waals surface area contributed by atoms with Gasteiger partial charge in [0.25, 0.3) is 5.56 Å². The summed E-state index contributed by atoms with van der Waals surface area (Å²) in [5, 5.41) is 14.5. The Hall–Kier alpha value is -3.32. The van der Waals surface area contributed by atoms with E-state index in [1.54, 1.807) is 36.7 Å². The molecule has 122 valence electrons. The molecule has 0 amide bonds. The Labute approximate surface area is 146 Å². The SMILES string of the molecule is O=c1cc(C=Cc2cccnc2)nc2sc(-c3cccc(O)c3)nn12. The van der Waals surface area contributed by atoms with Crippen LogP contribution in [0.3, 0.4) is 0 Å². The molecule has 0 saturated heterocycles. The van der Waals surface area contributed by atoms with Crippen LogP contribution in [0.15, 0.2) is 59.7 Å². The van der Waals surface area contributed by atoms with E-state index in [4.69, 9.17) is 0 Å². The topological polar surface area (TPSA) is 80.4 Å². The van der Waals surface area contributed by atoms with E-state index in [1.165, 1.54) is 21.9 Å². The Morgan fingerprint density at radius 3 is 2.84 bits per heavy atom. The van der Waals surface area contributed by atoms with Crippen LogP contribution in [0.2, 0.25) is 0 Å². The van der Waals surface area contributed by atoms with Crippen molar-refractivity contribution in [1.82, 2.24) is 19.6 Å². The second-order valence-electron chi connectivity index (χ2n) is 5.29. The molecule has 0 fully saturated rings. The van der Waals surface area contributed by atoms with Crippen molar-refractivity contribution >= 4 is 28.4 Å². The first kappa shape index (κ1) is 15.2. The molecule has 3 aromatic heterocycles. The molecular weight excluding hydrogens is 336 g/mol. The molecule has 1 N–H and O–H groups in total. The quantitative estimate of drug-likeness (QED) is 0.615. The summed E-state index contributed by atoms with van der Waals surface area (Å²) in [6.07, 6.45) is 7.05. The summed E-state index contributed by atoms with van der Waals surface area (Å²) in [5.41, 5.74) is 1.97. The van der Waals surface area contributed by atoms with E-state index in [1.807, 2.05) is 24.3 Å². The minimum Gasteiger partial charge on any atom is -0.508 e. The van der Waals surface area contributed by atoms with E-state index in [0.717, 1.165) is 11.1 Å². The van der Waals surface area contributed by atoms with Crippen LogP contribution in [-0.4, -0.2) is 24.7 Å². The molecule has 0 spiro atoms. The molecule has 0 saturated carbocycles. The summed E-state index contributed by atoms with van der Waals surface area (Å²) < 4.78 is 1.27. The van der Waals surface area contributed by atoms with Gasteiger partial charge in [-0.1, -0.05) is 35.6 Å². The maximum absolute atomic E-state index is 12.3. The number of nitrogens with zero attached hydrogens (tertiary/aromatic N) is 4. The summed E-state index contributed by atoms with van der Waals surface area (Å²) in [7, 11) is 0. The highest BCUT2D eigenvalue weighted by molar-refractivity contribution is 7.19. The first-order chi connectivity index (χ1) is 12.2. The lowest BCUT2D eigenvalue weighted by Gasteiger charge is -1.95. The van der Waals surface area contributed by atoms with Gasteiger partial charge in [-0.2, -0.15) is 9.61 Å². The molecule has 6 nitrogen and oxygen atoms in total. The molecule has 0 unspecified atom stereocenters. The van der Waals surface area contributed by atoms with Gasteiger partial charge >= 0.3 is 0 Å². The molecule has 1 aromatic carbocycles. The van der Waals surface area contributed by atoms with Crippen molar-refractivity contribution in [3.63, 3.8) is 0 Å². The van der Waals surface area contributed by atoms with E-state index < -0.39 is 0 Å². The molecule has 0 aliphatic carbocycles. The maximum atomic E-state index is 12.3. The van der Waals surface area contributed by atoms with Crippen molar-refractivity contribution < 1.29 is 5.11 Å². The monoisotopic (exact) mass is 348 g/mol. The number of rotatable bonds is 3. The fraction of sp³-hybridized carbons (Fsp3) is 0. The van der Waals surface area contributed by atoms with E-state index in [0.29, 0.717) is 15.7 Å². The van der Waals surface area contributed by atoms with Crippen LogP contribution in [0.4, 0.5) is 0 Å². The van der Waals surface area contributed by atoms with Crippen LogP contribution in [-0.2, 0) is 0 Å². The van der Waals surface area contributed by atoms with Gasteiger partial charge in [0.15, 0.2) is 0 Å². The van der Waals surface area contributed by atoms with Crippen molar-refractivity contribution in [3.8, 4) is 16.3 Å². The third-order valence-electron chi connectivity index (χ3n) is 3.49.